The van der Waals surface area contributed by atoms with E-state index < -0.39 is 11.9 Å². The van der Waals surface area contributed by atoms with Gasteiger partial charge in [0.25, 0.3) is 0 Å². The molecule has 0 aromatic carbocycles. The number of nitriles is 1. The minimum Gasteiger partial charge on any atom is -0.489 e. The van der Waals surface area contributed by atoms with E-state index in [-0.39, 0.29) is 12.6 Å². The molecule has 0 fully saturated rings. The summed E-state index contributed by atoms with van der Waals surface area (Å²) in [4.78, 5) is 11.1. The van der Waals surface area contributed by atoms with Gasteiger partial charge >= 0.3 is 0 Å². The van der Waals surface area contributed by atoms with Crippen molar-refractivity contribution in [3.63, 3.8) is 0 Å². The Labute approximate surface area is 218 Å². The molecule has 0 unspecified atom stereocenters. The van der Waals surface area contributed by atoms with E-state index in [1.54, 1.807) is 36.1 Å². The van der Waals surface area contributed by atoms with Crippen molar-refractivity contribution in [1.82, 2.24) is 29.4 Å². The van der Waals surface area contributed by atoms with Gasteiger partial charge in [0.2, 0.25) is 0 Å². The van der Waals surface area contributed by atoms with Gasteiger partial charge in [-0.05, 0) is 43.7 Å². The van der Waals surface area contributed by atoms with E-state index in [1.165, 1.54) is 17.1 Å². The fourth-order valence-corrected chi connectivity index (χ4v) is 4.08. The van der Waals surface area contributed by atoms with Crippen LogP contribution >= 0.6 is 0 Å². The first-order valence-electron chi connectivity index (χ1n) is 11.9. The molecule has 192 valence electrons. The lowest BCUT2D eigenvalue weighted by Crippen LogP contribution is -2.22. The predicted octanol–water partition coefficient (Wildman–Crippen LogP) is 3.94. The Morgan fingerprint density at radius 2 is 1.92 bits per heavy atom. The third-order valence-electron chi connectivity index (χ3n) is 6.24. The number of aliphatic hydroxyl groups is 1. The average molecular weight is 513 g/mol. The summed E-state index contributed by atoms with van der Waals surface area (Å²) in [6.45, 7) is 3.82. The zero-order valence-electron chi connectivity index (χ0n) is 21.0. The summed E-state index contributed by atoms with van der Waals surface area (Å²) in [5, 5.41) is 27.4. The van der Waals surface area contributed by atoms with E-state index in [2.05, 4.69) is 26.2 Å². The number of hydrogen-bond donors (Lipinski definition) is 1. The third-order valence-corrected chi connectivity index (χ3v) is 6.24. The highest BCUT2D eigenvalue weighted by Gasteiger charge is 2.17. The monoisotopic (exact) mass is 512 g/mol. The molecule has 0 amide bonds. The number of ether oxygens (including phenoxy) is 1. The van der Waals surface area contributed by atoms with Crippen molar-refractivity contribution in [1.29, 1.82) is 5.26 Å². The van der Waals surface area contributed by atoms with Crippen LogP contribution in [0.1, 0.15) is 31.0 Å². The van der Waals surface area contributed by atoms with Crippen LogP contribution in [-0.4, -0.2) is 54.2 Å². The number of nitrogens with zero attached hydrogens (tertiary/aromatic N) is 8. The fraction of sp³-hybridized carbons (Fsp3) is 0.222. The molecule has 5 aromatic rings. The van der Waals surface area contributed by atoms with E-state index in [0.717, 1.165) is 28.7 Å². The highest BCUT2D eigenvalue weighted by molar-refractivity contribution is 5.85. The van der Waals surface area contributed by atoms with Gasteiger partial charge in [-0.15, -0.1) is 0 Å². The molecular formula is C27H25FN8O2. The number of rotatable bonds is 8. The fourth-order valence-electron chi connectivity index (χ4n) is 4.08. The molecule has 0 saturated carbocycles. The zero-order chi connectivity index (χ0) is 26.8. The van der Waals surface area contributed by atoms with Crippen LogP contribution in [0.3, 0.4) is 0 Å². The van der Waals surface area contributed by atoms with Gasteiger partial charge in [-0.2, -0.15) is 15.5 Å². The van der Waals surface area contributed by atoms with E-state index in [4.69, 9.17) is 4.74 Å². The molecule has 0 saturated heterocycles. The van der Waals surface area contributed by atoms with Gasteiger partial charge in [0.05, 0.1) is 48.0 Å². The first-order valence-corrected chi connectivity index (χ1v) is 11.9. The number of anilines is 1. The second kappa shape index (κ2) is 10.3. The molecule has 5 heterocycles. The molecular weight excluding hydrogens is 487 g/mol. The van der Waals surface area contributed by atoms with Gasteiger partial charge in [-0.1, -0.05) is 6.07 Å². The Balaban J connectivity index is 1.40. The normalized spacial score (nSPS) is 12.7. The van der Waals surface area contributed by atoms with Crippen LogP contribution in [0.4, 0.5) is 10.2 Å². The predicted molar refractivity (Wildman–Crippen MR) is 138 cm³/mol. The highest BCUT2D eigenvalue weighted by Crippen LogP contribution is 2.32. The van der Waals surface area contributed by atoms with Crippen molar-refractivity contribution in [3.8, 4) is 28.8 Å². The maximum absolute atomic E-state index is 13.3. The topological polar surface area (TPSA) is 117 Å². The number of aliphatic hydroxyl groups excluding tert-OH is 1. The smallest absolute Gasteiger partial charge is 0.161 e. The second-order valence-electron chi connectivity index (χ2n) is 8.96. The van der Waals surface area contributed by atoms with Gasteiger partial charge < -0.3 is 14.7 Å². The molecule has 0 aliphatic rings. The van der Waals surface area contributed by atoms with Crippen LogP contribution in [0.2, 0.25) is 0 Å². The van der Waals surface area contributed by atoms with E-state index >= 15 is 0 Å². The molecule has 0 aliphatic carbocycles. The Bertz CT molecular complexity index is 1600. The van der Waals surface area contributed by atoms with Crippen molar-refractivity contribution < 1.29 is 14.2 Å². The molecule has 0 radical (unpaired) electrons. The molecule has 0 spiro atoms. The number of aromatic nitrogens is 6. The third kappa shape index (κ3) is 4.89. The van der Waals surface area contributed by atoms with Crippen molar-refractivity contribution in [2.45, 2.75) is 26.0 Å². The molecule has 2 atom stereocenters. The SMILES string of the molecule is C[C@H](O)COc1cc(-c2ccc(N(C)[C@@H](C)c3ccc(-n4cc(F)cn4)nc3)nc2)c2c(C#N)cnn2c1. The van der Waals surface area contributed by atoms with Crippen LogP contribution in [-0.2, 0) is 0 Å². The lowest BCUT2D eigenvalue weighted by molar-refractivity contribution is 0.122. The van der Waals surface area contributed by atoms with E-state index in [0.29, 0.717) is 22.6 Å². The second-order valence-corrected chi connectivity index (χ2v) is 8.96. The molecule has 10 nitrogen and oxygen atoms in total. The van der Waals surface area contributed by atoms with Crippen LogP contribution in [0.5, 0.6) is 5.75 Å². The first-order chi connectivity index (χ1) is 18.3. The van der Waals surface area contributed by atoms with Crippen molar-refractivity contribution in [2.24, 2.45) is 0 Å². The number of hydrogen-bond acceptors (Lipinski definition) is 8. The quantitative estimate of drug-likeness (QED) is 0.332. The summed E-state index contributed by atoms with van der Waals surface area (Å²) < 4.78 is 22.0. The summed E-state index contributed by atoms with van der Waals surface area (Å²) in [5.41, 5.74) is 3.57. The zero-order valence-corrected chi connectivity index (χ0v) is 21.0. The maximum Gasteiger partial charge on any atom is 0.161 e. The largest absolute Gasteiger partial charge is 0.489 e. The highest BCUT2D eigenvalue weighted by atomic mass is 19.1. The summed E-state index contributed by atoms with van der Waals surface area (Å²) in [6, 6.07) is 11.5. The van der Waals surface area contributed by atoms with Crippen LogP contribution < -0.4 is 9.64 Å². The Morgan fingerprint density at radius 3 is 2.55 bits per heavy atom. The first kappa shape index (κ1) is 24.9. The molecule has 11 heteroatoms. The lowest BCUT2D eigenvalue weighted by atomic mass is 10.0. The van der Waals surface area contributed by atoms with Crippen LogP contribution in [0.25, 0.3) is 22.5 Å². The molecule has 5 aromatic heterocycles. The minimum atomic E-state index is -0.625. The lowest BCUT2D eigenvalue weighted by Gasteiger charge is -2.26. The number of pyridine rings is 3. The summed E-state index contributed by atoms with van der Waals surface area (Å²) >= 11 is 0. The Hall–Kier alpha value is -4.82. The van der Waals surface area contributed by atoms with Gasteiger partial charge in [-0.3, -0.25) is 0 Å². The molecule has 0 aliphatic heterocycles. The van der Waals surface area contributed by atoms with Gasteiger partial charge in [0.15, 0.2) is 11.6 Å². The molecule has 1 N–H and O–H groups in total. The average Bonchev–Trinajstić information content (AvgIpc) is 3.57. The molecule has 38 heavy (non-hydrogen) atoms. The standard InChI is InChI=1S/C27H25FN8O2/c1-17(37)16-38-23-8-24(27-21(9-29)12-32-36(27)15-23)20-5-6-25(30-11-20)34(3)18(2)19-4-7-26(31-10-19)35-14-22(28)13-33-35/h4-8,10-15,17-18,37H,16H2,1-3H3/t17-,18-/m0/s1. The van der Waals surface area contributed by atoms with E-state index in [1.807, 2.05) is 43.1 Å². The summed E-state index contributed by atoms with van der Waals surface area (Å²) in [7, 11) is 1.94. The molecule has 0 bridgehead atoms. The van der Waals surface area contributed by atoms with E-state index in [9.17, 15) is 14.8 Å². The molecule has 5 rings (SSSR count). The van der Waals surface area contributed by atoms with Crippen LogP contribution in [0.15, 0.2) is 67.5 Å². The van der Waals surface area contributed by atoms with Crippen molar-refractivity contribution in [3.05, 3.63) is 84.5 Å². The summed E-state index contributed by atoms with van der Waals surface area (Å²) in [5.74, 6) is 1.36. The Morgan fingerprint density at radius 1 is 1.08 bits per heavy atom. The Kier molecular flexibility index (Phi) is 6.72. The van der Waals surface area contributed by atoms with Crippen LogP contribution in [0, 0.1) is 17.1 Å². The van der Waals surface area contributed by atoms with Gasteiger partial charge in [0, 0.05) is 30.6 Å². The minimum absolute atomic E-state index is 0.0480. The summed E-state index contributed by atoms with van der Waals surface area (Å²) in [6.07, 6.45) is 8.46. The van der Waals surface area contributed by atoms with Crippen molar-refractivity contribution in [2.75, 3.05) is 18.6 Å². The number of halogens is 1. The maximum atomic E-state index is 13.3. The number of fused-ring (bicyclic) bond motifs is 1. The van der Waals surface area contributed by atoms with Gasteiger partial charge in [0.1, 0.15) is 24.2 Å². The van der Waals surface area contributed by atoms with Crippen molar-refractivity contribution >= 4 is 11.3 Å². The van der Waals surface area contributed by atoms with Gasteiger partial charge in [-0.25, -0.2) is 23.6 Å².